The molecule has 0 spiro atoms. The summed E-state index contributed by atoms with van der Waals surface area (Å²) in [6, 6.07) is 2.70. The van der Waals surface area contributed by atoms with E-state index in [9.17, 15) is 0 Å². The van der Waals surface area contributed by atoms with E-state index < -0.39 is 0 Å². The van der Waals surface area contributed by atoms with Gasteiger partial charge in [-0.3, -0.25) is 0 Å². The van der Waals surface area contributed by atoms with E-state index in [1.165, 1.54) is 49.0 Å². The van der Waals surface area contributed by atoms with E-state index in [-0.39, 0.29) is 0 Å². The summed E-state index contributed by atoms with van der Waals surface area (Å²) in [4.78, 5) is 5.70. The third-order valence-corrected chi connectivity index (χ3v) is 4.44. The van der Waals surface area contributed by atoms with Gasteiger partial charge in [-0.05, 0) is 36.8 Å². The van der Waals surface area contributed by atoms with E-state index in [0.717, 1.165) is 0 Å². The van der Waals surface area contributed by atoms with Crippen molar-refractivity contribution < 1.29 is 0 Å². The molecule has 4 heteroatoms. The summed E-state index contributed by atoms with van der Waals surface area (Å²) >= 11 is 1.75. The van der Waals surface area contributed by atoms with Gasteiger partial charge in [-0.25, -0.2) is 4.99 Å². The van der Waals surface area contributed by atoms with Crippen LogP contribution in [-0.2, 0) is 6.54 Å². The molecule has 1 aromatic rings. The van der Waals surface area contributed by atoms with Gasteiger partial charge in [0.05, 0.1) is 6.54 Å². The molecule has 18 heavy (non-hydrogen) atoms. The quantitative estimate of drug-likeness (QED) is 0.501. The number of hydrogen-bond donors (Lipinski definition) is 2. The molecule has 100 valence electrons. The van der Waals surface area contributed by atoms with Crippen molar-refractivity contribution in [2.45, 2.75) is 58.0 Å². The van der Waals surface area contributed by atoms with Crippen LogP contribution in [0.25, 0.3) is 0 Å². The molecule has 0 unspecified atom stereocenters. The second-order valence-electron chi connectivity index (χ2n) is 5.12. The van der Waals surface area contributed by atoms with Crippen molar-refractivity contribution in [1.29, 1.82) is 0 Å². The maximum Gasteiger partial charge on any atom is 0.189 e. The summed E-state index contributed by atoms with van der Waals surface area (Å²) < 4.78 is 0. The fourth-order valence-electron chi connectivity index (χ4n) is 2.42. The highest BCUT2D eigenvalue weighted by atomic mass is 32.1. The zero-order chi connectivity index (χ0) is 12.8. The largest absolute Gasteiger partial charge is 0.370 e. The van der Waals surface area contributed by atoms with Crippen LogP contribution in [0, 0.1) is 6.92 Å². The predicted molar refractivity (Wildman–Crippen MR) is 79.0 cm³/mol. The first-order chi connectivity index (χ1) is 8.74. The first kappa shape index (κ1) is 13.4. The molecule has 1 aliphatic carbocycles. The molecule has 0 aromatic carbocycles. The van der Waals surface area contributed by atoms with Gasteiger partial charge in [0.25, 0.3) is 0 Å². The molecule has 1 fully saturated rings. The maximum absolute atomic E-state index is 5.95. The average molecular weight is 265 g/mol. The van der Waals surface area contributed by atoms with Crippen molar-refractivity contribution in [3.8, 4) is 0 Å². The number of nitrogens with two attached hydrogens (primary N) is 1. The molecular weight excluding hydrogens is 242 g/mol. The smallest absolute Gasteiger partial charge is 0.189 e. The summed E-state index contributed by atoms with van der Waals surface area (Å²) in [5.41, 5.74) is 7.26. The highest BCUT2D eigenvalue weighted by Crippen LogP contribution is 2.17. The summed E-state index contributed by atoms with van der Waals surface area (Å²) in [7, 11) is 0. The minimum atomic E-state index is 0.529. The summed E-state index contributed by atoms with van der Waals surface area (Å²) in [5, 5.41) is 5.52. The normalized spacial score (nSPS) is 18.6. The van der Waals surface area contributed by atoms with Crippen molar-refractivity contribution >= 4 is 17.3 Å². The molecule has 3 nitrogen and oxygen atoms in total. The lowest BCUT2D eigenvalue weighted by molar-refractivity contribution is 0.530. The molecular formula is C14H23N3S. The molecule has 1 heterocycles. The van der Waals surface area contributed by atoms with Crippen LogP contribution >= 0.6 is 11.3 Å². The monoisotopic (exact) mass is 265 g/mol. The van der Waals surface area contributed by atoms with Gasteiger partial charge in [0.1, 0.15) is 0 Å². The van der Waals surface area contributed by atoms with Crippen LogP contribution in [0.1, 0.15) is 49.0 Å². The fourth-order valence-corrected chi connectivity index (χ4v) is 3.21. The molecule has 1 saturated carbocycles. The summed E-state index contributed by atoms with van der Waals surface area (Å²) in [5.74, 6) is 0.605. The SMILES string of the molecule is Cc1csc(CN=C(N)NC2CCCCCC2)c1. The number of guanidine groups is 1. The lowest BCUT2D eigenvalue weighted by Crippen LogP contribution is -2.39. The Morgan fingerprint density at radius 1 is 1.39 bits per heavy atom. The average Bonchev–Trinajstić information content (AvgIpc) is 2.60. The molecule has 0 saturated heterocycles. The van der Waals surface area contributed by atoms with Gasteiger partial charge in [-0.1, -0.05) is 25.7 Å². The van der Waals surface area contributed by atoms with Gasteiger partial charge in [-0.15, -0.1) is 11.3 Å². The highest BCUT2D eigenvalue weighted by Gasteiger charge is 2.12. The van der Waals surface area contributed by atoms with Crippen LogP contribution in [-0.4, -0.2) is 12.0 Å². The van der Waals surface area contributed by atoms with E-state index in [2.05, 4.69) is 28.7 Å². The first-order valence-corrected chi connectivity index (χ1v) is 7.72. The van der Waals surface area contributed by atoms with E-state index in [1.807, 2.05) is 0 Å². The van der Waals surface area contributed by atoms with Gasteiger partial charge in [0.2, 0.25) is 0 Å². The third-order valence-electron chi connectivity index (χ3n) is 3.40. The van der Waals surface area contributed by atoms with Crippen LogP contribution < -0.4 is 11.1 Å². The Balaban J connectivity index is 1.80. The van der Waals surface area contributed by atoms with Crippen molar-refractivity contribution in [1.82, 2.24) is 5.32 Å². The van der Waals surface area contributed by atoms with Crippen LogP contribution in [0.3, 0.4) is 0 Å². The number of hydrogen-bond acceptors (Lipinski definition) is 2. The van der Waals surface area contributed by atoms with Gasteiger partial charge in [0.15, 0.2) is 5.96 Å². The van der Waals surface area contributed by atoms with E-state index in [4.69, 9.17) is 5.73 Å². The van der Waals surface area contributed by atoms with Gasteiger partial charge in [0, 0.05) is 10.9 Å². The fraction of sp³-hybridized carbons (Fsp3) is 0.643. The number of thiophene rings is 1. The molecule has 1 aliphatic rings. The molecule has 0 atom stereocenters. The maximum atomic E-state index is 5.95. The zero-order valence-corrected chi connectivity index (χ0v) is 11.9. The molecule has 0 bridgehead atoms. The van der Waals surface area contributed by atoms with Crippen LogP contribution in [0.2, 0.25) is 0 Å². The Morgan fingerprint density at radius 2 is 2.11 bits per heavy atom. The standard InChI is InChI=1S/C14H23N3S/c1-11-8-13(18-10-11)9-16-14(15)17-12-6-4-2-3-5-7-12/h8,10,12H,2-7,9H2,1H3,(H3,15,16,17). The number of aliphatic imine (C=N–C) groups is 1. The summed E-state index contributed by atoms with van der Waals surface area (Å²) in [6.45, 7) is 2.81. The Hall–Kier alpha value is -1.03. The van der Waals surface area contributed by atoms with Gasteiger partial charge < -0.3 is 11.1 Å². The summed E-state index contributed by atoms with van der Waals surface area (Å²) in [6.07, 6.45) is 7.82. The highest BCUT2D eigenvalue weighted by molar-refractivity contribution is 7.10. The lowest BCUT2D eigenvalue weighted by atomic mass is 10.1. The van der Waals surface area contributed by atoms with E-state index >= 15 is 0 Å². The third kappa shape index (κ3) is 4.33. The molecule has 0 amide bonds. The Labute approximate surface area is 114 Å². The second kappa shape index (κ2) is 6.78. The molecule has 2 rings (SSSR count). The first-order valence-electron chi connectivity index (χ1n) is 6.84. The topological polar surface area (TPSA) is 50.4 Å². The van der Waals surface area contributed by atoms with Crippen molar-refractivity contribution in [3.05, 3.63) is 21.9 Å². The Morgan fingerprint density at radius 3 is 2.72 bits per heavy atom. The Bertz CT molecular complexity index is 389. The Kier molecular flexibility index (Phi) is 5.05. The number of nitrogens with zero attached hydrogens (tertiary/aromatic N) is 1. The minimum absolute atomic E-state index is 0.529. The van der Waals surface area contributed by atoms with Crippen LogP contribution in [0.4, 0.5) is 0 Å². The van der Waals surface area contributed by atoms with Crippen molar-refractivity contribution in [2.75, 3.05) is 0 Å². The molecule has 3 N–H and O–H groups in total. The molecule has 0 radical (unpaired) electrons. The molecule has 1 aromatic heterocycles. The predicted octanol–water partition coefficient (Wildman–Crippen LogP) is 3.18. The van der Waals surface area contributed by atoms with Gasteiger partial charge in [-0.2, -0.15) is 0 Å². The molecule has 0 aliphatic heterocycles. The van der Waals surface area contributed by atoms with E-state index in [0.29, 0.717) is 18.5 Å². The number of nitrogens with one attached hydrogen (secondary N) is 1. The van der Waals surface area contributed by atoms with E-state index in [1.54, 1.807) is 11.3 Å². The van der Waals surface area contributed by atoms with Crippen LogP contribution in [0.5, 0.6) is 0 Å². The van der Waals surface area contributed by atoms with Gasteiger partial charge >= 0.3 is 0 Å². The van der Waals surface area contributed by atoms with Crippen molar-refractivity contribution in [3.63, 3.8) is 0 Å². The van der Waals surface area contributed by atoms with Crippen molar-refractivity contribution in [2.24, 2.45) is 10.7 Å². The van der Waals surface area contributed by atoms with Crippen LogP contribution in [0.15, 0.2) is 16.4 Å². The number of rotatable bonds is 3. The zero-order valence-electron chi connectivity index (χ0n) is 11.1. The second-order valence-corrected chi connectivity index (χ2v) is 6.12. The number of aryl methyl sites for hydroxylation is 1. The lowest BCUT2D eigenvalue weighted by Gasteiger charge is -2.16. The minimum Gasteiger partial charge on any atom is -0.370 e.